The quantitative estimate of drug-likeness (QED) is 0.234. The second kappa shape index (κ2) is 7.66. The molecule has 2 aromatic carbocycles. The normalized spacial score (nSPS) is 11.4. The highest BCUT2D eigenvalue weighted by atomic mass is 35.5. The summed E-state index contributed by atoms with van der Waals surface area (Å²) in [5.74, 6) is -0.162. The first-order valence-corrected chi connectivity index (χ1v) is 9.00. The highest BCUT2D eigenvalue weighted by Gasteiger charge is 2.41. The van der Waals surface area contributed by atoms with Crippen molar-refractivity contribution in [2.45, 2.75) is 4.33 Å². The highest BCUT2D eigenvalue weighted by Crippen LogP contribution is 2.39. The average Bonchev–Trinajstić information content (AvgIpc) is 3.44. The van der Waals surface area contributed by atoms with Gasteiger partial charge in [-0.1, -0.05) is 23.2 Å². The molecule has 2 heterocycles. The minimum absolute atomic E-state index is 0.0809. The van der Waals surface area contributed by atoms with Gasteiger partial charge in [0.15, 0.2) is 0 Å². The van der Waals surface area contributed by atoms with Crippen molar-refractivity contribution in [3.05, 3.63) is 80.4 Å². The molecule has 0 atom stereocenters. The fourth-order valence-corrected chi connectivity index (χ4v) is 3.12. The molecule has 16 heteroatoms. The number of hydrogen-bond donors (Lipinski definition) is 0. The Morgan fingerprint density at radius 3 is 1.39 bits per heavy atom. The first-order chi connectivity index (χ1) is 14.8. The van der Waals surface area contributed by atoms with Gasteiger partial charge in [-0.2, -0.15) is 9.36 Å². The van der Waals surface area contributed by atoms with Gasteiger partial charge in [0.05, 0.1) is 21.2 Å². The zero-order valence-corrected chi connectivity index (χ0v) is 16.5. The SMILES string of the molecule is O=[N+]([O-])c1ccc(-n2nnnc2C(Cl)(Cl)c2nnnn2-c2ccc([N+](=O)[O-])cc2)cc1. The molecule has 0 amide bonds. The van der Waals surface area contributed by atoms with Crippen LogP contribution in [-0.2, 0) is 4.33 Å². The third-order valence-electron chi connectivity index (χ3n) is 4.11. The van der Waals surface area contributed by atoms with Crippen LogP contribution in [0.1, 0.15) is 11.6 Å². The van der Waals surface area contributed by atoms with Crippen molar-refractivity contribution >= 4 is 34.6 Å². The van der Waals surface area contributed by atoms with Crippen LogP contribution in [0.15, 0.2) is 48.5 Å². The van der Waals surface area contributed by atoms with Crippen molar-refractivity contribution in [2.75, 3.05) is 0 Å². The molecular weight excluding hydrogens is 455 g/mol. The van der Waals surface area contributed by atoms with Gasteiger partial charge in [0.25, 0.3) is 11.4 Å². The van der Waals surface area contributed by atoms with E-state index in [0.717, 1.165) is 0 Å². The zero-order valence-electron chi connectivity index (χ0n) is 15.0. The lowest BCUT2D eigenvalue weighted by Gasteiger charge is -2.17. The van der Waals surface area contributed by atoms with E-state index in [4.69, 9.17) is 23.2 Å². The number of aromatic nitrogens is 8. The molecule has 0 bridgehead atoms. The Labute approximate surface area is 181 Å². The molecule has 0 radical (unpaired) electrons. The van der Waals surface area contributed by atoms with E-state index in [1.54, 1.807) is 0 Å². The largest absolute Gasteiger partial charge is 0.269 e. The van der Waals surface area contributed by atoms with E-state index in [2.05, 4.69) is 31.1 Å². The molecule has 0 aliphatic rings. The lowest BCUT2D eigenvalue weighted by atomic mass is 10.2. The van der Waals surface area contributed by atoms with Crippen LogP contribution < -0.4 is 0 Å². The van der Waals surface area contributed by atoms with E-state index >= 15 is 0 Å². The number of rotatable bonds is 6. The third-order valence-corrected chi connectivity index (χ3v) is 4.79. The van der Waals surface area contributed by atoms with Crippen molar-refractivity contribution < 1.29 is 9.85 Å². The number of benzene rings is 2. The van der Waals surface area contributed by atoms with Gasteiger partial charge in [-0.15, -0.1) is 10.2 Å². The molecule has 0 N–H and O–H groups in total. The summed E-state index contributed by atoms with van der Waals surface area (Å²) >= 11 is 13.1. The molecule has 156 valence electrons. The second-order valence-electron chi connectivity index (χ2n) is 5.95. The van der Waals surface area contributed by atoms with E-state index in [0.29, 0.717) is 11.4 Å². The van der Waals surface area contributed by atoms with Crippen LogP contribution in [-0.4, -0.2) is 50.3 Å². The Bertz CT molecular complexity index is 1170. The Balaban J connectivity index is 1.74. The minimum Gasteiger partial charge on any atom is -0.258 e. The molecule has 0 saturated heterocycles. The van der Waals surface area contributed by atoms with E-state index < -0.39 is 14.2 Å². The number of nitro groups is 2. The monoisotopic (exact) mass is 462 g/mol. The van der Waals surface area contributed by atoms with E-state index in [-0.39, 0.29) is 23.0 Å². The van der Waals surface area contributed by atoms with Crippen molar-refractivity contribution in [3.63, 3.8) is 0 Å². The van der Waals surface area contributed by atoms with Crippen LogP contribution in [0.5, 0.6) is 0 Å². The summed E-state index contributed by atoms with van der Waals surface area (Å²) < 4.78 is 0.397. The molecule has 4 rings (SSSR count). The lowest BCUT2D eigenvalue weighted by Crippen LogP contribution is -2.24. The number of tetrazole rings is 2. The molecule has 0 unspecified atom stereocenters. The summed E-state index contributed by atoms with van der Waals surface area (Å²) in [6.07, 6.45) is 0. The molecule has 0 saturated carbocycles. The van der Waals surface area contributed by atoms with Crippen LogP contribution in [0.3, 0.4) is 0 Å². The summed E-state index contributed by atoms with van der Waals surface area (Å²) in [5.41, 5.74) is 0.461. The van der Waals surface area contributed by atoms with Gasteiger partial charge >= 0.3 is 0 Å². The molecule has 4 aromatic rings. The first kappa shape index (κ1) is 20.2. The number of nitro benzene ring substituents is 2. The van der Waals surface area contributed by atoms with Crippen molar-refractivity contribution in [3.8, 4) is 11.4 Å². The standard InChI is InChI=1S/C15H8Cl2N10O4/c16-15(17,13-18-20-22-24(13)9-1-5-11(6-2-9)26(28)29)14-19-21-23-25(14)10-3-7-12(8-4-10)27(30)31/h1-8H. The molecule has 14 nitrogen and oxygen atoms in total. The van der Waals surface area contributed by atoms with Crippen molar-refractivity contribution in [1.29, 1.82) is 0 Å². The van der Waals surface area contributed by atoms with Crippen molar-refractivity contribution in [1.82, 2.24) is 40.4 Å². The number of hydrogen-bond acceptors (Lipinski definition) is 10. The molecule has 31 heavy (non-hydrogen) atoms. The predicted octanol–water partition coefficient (Wildman–Crippen LogP) is 2.13. The Kier molecular flexibility index (Phi) is 5.00. The fourth-order valence-electron chi connectivity index (χ4n) is 2.64. The Morgan fingerprint density at radius 1 is 0.710 bits per heavy atom. The maximum absolute atomic E-state index is 10.9. The van der Waals surface area contributed by atoms with Gasteiger partial charge in [-0.05, 0) is 45.1 Å². The molecule has 0 aliphatic carbocycles. The number of nitrogens with zero attached hydrogens (tertiary/aromatic N) is 10. The molecule has 0 aliphatic heterocycles. The summed E-state index contributed by atoms with van der Waals surface area (Å²) in [5, 5.41) is 44.3. The maximum Gasteiger partial charge on any atom is 0.269 e. The maximum atomic E-state index is 10.9. The molecule has 0 spiro atoms. The number of halogens is 2. The van der Waals surface area contributed by atoms with Crippen LogP contribution in [0, 0.1) is 20.2 Å². The van der Waals surface area contributed by atoms with Gasteiger partial charge in [-0.25, -0.2) is 0 Å². The van der Waals surface area contributed by atoms with Crippen LogP contribution >= 0.6 is 23.2 Å². The fraction of sp³-hybridized carbons (Fsp3) is 0.0667. The highest BCUT2D eigenvalue weighted by molar-refractivity contribution is 6.49. The predicted molar refractivity (Wildman–Crippen MR) is 104 cm³/mol. The smallest absolute Gasteiger partial charge is 0.258 e. The van der Waals surface area contributed by atoms with E-state index in [9.17, 15) is 20.2 Å². The summed E-state index contributed by atoms with van der Waals surface area (Å²) in [6.45, 7) is 0. The molecule has 2 aromatic heterocycles. The van der Waals surface area contributed by atoms with Gasteiger partial charge in [0, 0.05) is 24.3 Å². The molecular formula is C15H8Cl2N10O4. The van der Waals surface area contributed by atoms with Gasteiger partial charge in [0.2, 0.25) is 16.0 Å². The Hall–Kier alpha value is -4.04. The number of alkyl halides is 2. The summed E-state index contributed by atoms with van der Waals surface area (Å²) in [6, 6.07) is 10.8. The third kappa shape index (κ3) is 3.64. The van der Waals surface area contributed by atoms with E-state index in [1.165, 1.54) is 57.9 Å². The van der Waals surface area contributed by atoms with Crippen LogP contribution in [0.4, 0.5) is 11.4 Å². The van der Waals surface area contributed by atoms with Gasteiger partial charge in [-0.3, -0.25) is 20.2 Å². The summed E-state index contributed by atoms with van der Waals surface area (Å²) in [4.78, 5) is 20.6. The topological polar surface area (TPSA) is 173 Å². The van der Waals surface area contributed by atoms with Gasteiger partial charge in [0.1, 0.15) is 0 Å². The average molecular weight is 463 g/mol. The van der Waals surface area contributed by atoms with Crippen molar-refractivity contribution in [2.24, 2.45) is 0 Å². The minimum atomic E-state index is -1.96. The van der Waals surface area contributed by atoms with Crippen LogP contribution in [0.25, 0.3) is 11.4 Å². The Morgan fingerprint density at radius 2 is 1.06 bits per heavy atom. The van der Waals surface area contributed by atoms with Gasteiger partial charge < -0.3 is 0 Å². The first-order valence-electron chi connectivity index (χ1n) is 8.24. The second-order valence-corrected chi connectivity index (χ2v) is 7.28. The zero-order chi connectivity index (χ0) is 22.2. The summed E-state index contributed by atoms with van der Waals surface area (Å²) in [7, 11) is 0. The van der Waals surface area contributed by atoms with E-state index in [1.807, 2.05) is 0 Å². The lowest BCUT2D eigenvalue weighted by molar-refractivity contribution is -0.385. The van der Waals surface area contributed by atoms with Crippen LogP contribution in [0.2, 0.25) is 0 Å². The number of non-ortho nitro benzene ring substituents is 2. The molecule has 0 fully saturated rings.